The number of fused-ring (bicyclic) bond motifs is 2. The van der Waals surface area contributed by atoms with E-state index < -0.39 is 9.84 Å². The molecule has 1 saturated heterocycles. The van der Waals surface area contributed by atoms with Gasteiger partial charge in [-0.2, -0.15) is 0 Å². The van der Waals surface area contributed by atoms with Crippen LogP contribution in [0.4, 0.5) is 5.13 Å². The first-order chi connectivity index (χ1) is 15.4. The summed E-state index contributed by atoms with van der Waals surface area (Å²) in [5.41, 5.74) is 1.39. The second-order valence-corrected chi connectivity index (χ2v) is 10.6. The van der Waals surface area contributed by atoms with E-state index in [0.717, 1.165) is 15.4 Å². The second kappa shape index (κ2) is 8.10. The lowest BCUT2D eigenvalue weighted by Crippen LogP contribution is -2.48. The van der Waals surface area contributed by atoms with Gasteiger partial charge in [0.2, 0.25) is 12.7 Å². The van der Waals surface area contributed by atoms with E-state index in [1.807, 2.05) is 24.3 Å². The van der Waals surface area contributed by atoms with Crippen LogP contribution in [0.5, 0.6) is 11.5 Å². The number of piperazine rings is 1. The van der Waals surface area contributed by atoms with E-state index >= 15 is 0 Å². The quantitative estimate of drug-likeness (QED) is 0.541. The molecule has 10 heteroatoms. The van der Waals surface area contributed by atoms with Crippen molar-refractivity contribution in [2.45, 2.75) is 4.90 Å². The number of nitrogens with zero attached hydrogens (tertiary/aromatic N) is 3. The molecule has 0 atom stereocenters. The fourth-order valence-electron chi connectivity index (χ4n) is 3.75. The summed E-state index contributed by atoms with van der Waals surface area (Å²) in [7, 11) is -3.35. The Bertz CT molecular complexity index is 1320. The fraction of sp³-hybridized carbons (Fsp3) is 0.273. The highest BCUT2D eigenvalue weighted by Gasteiger charge is 2.23. The first kappa shape index (κ1) is 20.8. The van der Waals surface area contributed by atoms with E-state index in [2.05, 4.69) is 9.88 Å². The molecule has 3 aromatic rings. The number of amides is 1. The molecule has 0 N–H and O–H groups in total. The predicted molar refractivity (Wildman–Crippen MR) is 123 cm³/mol. The van der Waals surface area contributed by atoms with Gasteiger partial charge in [-0.1, -0.05) is 23.5 Å². The molecule has 32 heavy (non-hydrogen) atoms. The van der Waals surface area contributed by atoms with Crippen LogP contribution in [0, 0.1) is 0 Å². The molecule has 0 saturated carbocycles. The van der Waals surface area contributed by atoms with Gasteiger partial charge in [-0.3, -0.25) is 4.79 Å². The summed E-state index contributed by atoms with van der Waals surface area (Å²) >= 11 is 1.47. The number of carbonyl (C=O) groups is 1. The van der Waals surface area contributed by atoms with Crippen LogP contribution in [0.2, 0.25) is 0 Å². The van der Waals surface area contributed by atoms with Gasteiger partial charge in [-0.15, -0.1) is 0 Å². The van der Waals surface area contributed by atoms with Crippen molar-refractivity contribution in [3.8, 4) is 11.5 Å². The molecule has 1 amide bonds. The van der Waals surface area contributed by atoms with Crippen molar-refractivity contribution in [2.75, 3.05) is 44.1 Å². The maximum absolute atomic E-state index is 12.6. The van der Waals surface area contributed by atoms with E-state index in [1.165, 1.54) is 17.6 Å². The summed E-state index contributed by atoms with van der Waals surface area (Å²) in [6, 6.07) is 10.8. The molecule has 0 aliphatic carbocycles. The Morgan fingerprint density at radius 1 is 1.09 bits per heavy atom. The van der Waals surface area contributed by atoms with Crippen LogP contribution in [0.3, 0.4) is 0 Å². The number of benzene rings is 2. The van der Waals surface area contributed by atoms with E-state index in [4.69, 9.17) is 9.47 Å². The molecule has 2 aliphatic heterocycles. The zero-order valence-corrected chi connectivity index (χ0v) is 19.0. The van der Waals surface area contributed by atoms with Gasteiger partial charge in [-0.25, -0.2) is 13.4 Å². The fourth-order valence-corrected chi connectivity index (χ4v) is 5.70. The minimum atomic E-state index is -3.35. The first-order valence-corrected chi connectivity index (χ1v) is 12.8. The first-order valence-electron chi connectivity index (χ1n) is 10.1. The van der Waals surface area contributed by atoms with Crippen molar-refractivity contribution in [3.05, 3.63) is 48.0 Å². The molecule has 2 aromatic carbocycles. The Kier molecular flexibility index (Phi) is 5.26. The van der Waals surface area contributed by atoms with Crippen molar-refractivity contribution >= 4 is 48.5 Å². The third kappa shape index (κ3) is 4.03. The number of anilines is 1. The molecule has 3 heterocycles. The molecule has 1 fully saturated rings. The molecule has 5 rings (SSSR count). The maximum atomic E-state index is 12.6. The predicted octanol–water partition coefficient (Wildman–Crippen LogP) is 2.79. The molecule has 1 aromatic heterocycles. The Balaban J connectivity index is 1.24. The third-order valence-electron chi connectivity index (χ3n) is 5.45. The van der Waals surface area contributed by atoms with Crippen LogP contribution in [0.25, 0.3) is 16.3 Å². The second-order valence-electron chi connectivity index (χ2n) is 7.63. The average molecular weight is 472 g/mol. The van der Waals surface area contributed by atoms with E-state index in [1.54, 1.807) is 29.2 Å². The normalized spacial score (nSPS) is 16.3. The van der Waals surface area contributed by atoms with Gasteiger partial charge >= 0.3 is 0 Å². The van der Waals surface area contributed by atoms with Crippen LogP contribution in [-0.2, 0) is 14.6 Å². The van der Waals surface area contributed by atoms with Gasteiger partial charge in [0.15, 0.2) is 26.5 Å². The molecule has 8 nitrogen and oxygen atoms in total. The summed E-state index contributed by atoms with van der Waals surface area (Å²) in [6.07, 6.45) is 4.54. The summed E-state index contributed by atoms with van der Waals surface area (Å²) in [4.78, 5) is 21.4. The molecule has 0 bridgehead atoms. The number of hydrogen-bond donors (Lipinski definition) is 0. The zero-order valence-electron chi connectivity index (χ0n) is 17.4. The number of sulfone groups is 1. The van der Waals surface area contributed by atoms with Crippen LogP contribution in [0.15, 0.2) is 47.4 Å². The Hall–Kier alpha value is -3.11. The largest absolute Gasteiger partial charge is 0.454 e. The molecule has 166 valence electrons. The van der Waals surface area contributed by atoms with E-state index in [-0.39, 0.29) is 17.6 Å². The van der Waals surface area contributed by atoms with Crippen molar-refractivity contribution in [2.24, 2.45) is 0 Å². The van der Waals surface area contributed by atoms with Crippen molar-refractivity contribution in [1.29, 1.82) is 0 Å². The highest BCUT2D eigenvalue weighted by Crippen LogP contribution is 2.34. The highest BCUT2D eigenvalue weighted by molar-refractivity contribution is 7.91. The average Bonchev–Trinajstić information content (AvgIpc) is 3.43. The monoisotopic (exact) mass is 471 g/mol. The molecule has 0 spiro atoms. The van der Waals surface area contributed by atoms with Crippen molar-refractivity contribution < 1.29 is 22.7 Å². The Morgan fingerprint density at radius 2 is 1.88 bits per heavy atom. The van der Waals surface area contributed by atoms with Crippen LogP contribution in [-0.4, -0.2) is 63.4 Å². The molecule has 0 radical (unpaired) electrons. The molecule has 2 aliphatic rings. The van der Waals surface area contributed by atoms with Gasteiger partial charge in [0.25, 0.3) is 0 Å². The smallest absolute Gasteiger partial charge is 0.246 e. The Morgan fingerprint density at radius 3 is 2.66 bits per heavy atom. The topological polar surface area (TPSA) is 89.0 Å². The minimum Gasteiger partial charge on any atom is -0.454 e. The van der Waals surface area contributed by atoms with Crippen LogP contribution in [0.1, 0.15) is 5.56 Å². The van der Waals surface area contributed by atoms with E-state index in [0.29, 0.717) is 43.2 Å². The minimum absolute atomic E-state index is 0.0500. The number of para-hydroxylation sites is 1. The molecule has 0 unspecified atom stereocenters. The van der Waals surface area contributed by atoms with Gasteiger partial charge in [-0.05, 0) is 35.9 Å². The van der Waals surface area contributed by atoms with E-state index in [9.17, 15) is 13.2 Å². The van der Waals surface area contributed by atoms with Crippen LogP contribution >= 0.6 is 11.3 Å². The lowest BCUT2D eigenvalue weighted by Gasteiger charge is -2.34. The number of carbonyl (C=O) groups excluding carboxylic acids is 1. The summed E-state index contributed by atoms with van der Waals surface area (Å²) < 4.78 is 35.6. The van der Waals surface area contributed by atoms with Crippen LogP contribution < -0.4 is 14.4 Å². The summed E-state index contributed by atoms with van der Waals surface area (Å²) in [5, 5.41) is 0.777. The maximum Gasteiger partial charge on any atom is 0.246 e. The van der Waals surface area contributed by atoms with Gasteiger partial charge in [0.05, 0.1) is 9.60 Å². The number of hydrogen-bond acceptors (Lipinski definition) is 8. The summed E-state index contributed by atoms with van der Waals surface area (Å²) in [6.45, 7) is 2.63. The number of ether oxygens (including phenoxy) is 2. The third-order valence-corrected chi connectivity index (χ3v) is 7.66. The zero-order chi connectivity index (χ0) is 22.3. The van der Waals surface area contributed by atoms with Crippen molar-refractivity contribution in [1.82, 2.24) is 9.88 Å². The van der Waals surface area contributed by atoms with Crippen molar-refractivity contribution in [3.63, 3.8) is 0 Å². The lowest BCUT2D eigenvalue weighted by molar-refractivity contribution is -0.126. The molecular weight excluding hydrogens is 450 g/mol. The number of thiazole rings is 1. The van der Waals surface area contributed by atoms with Gasteiger partial charge in [0, 0.05) is 38.5 Å². The summed E-state index contributed by atoms with van der Waals surface area (Å²) in [5.74, 6) is 1.34. The Labute approximate surface area is 189 Å². The van der Waals surface area contributed by atoms with Gasteiger partial charge in [0.1, 0.15) is 5.52 Å². The molecular formula is C22H21N3O5S2. The lowest BCUT2D eigenvalue weighted by atomic mass is 10.2. The standard InChI is InChI=1S/C22H21N3O5S2/c1-32(27,28)19-4-2-3-18-21(19)23-22(31-18)25-11-9-24(10-12-25)20(26)8-6-15-5-7-16-17(13-15)30-14-29-16/h2-8,13H,9-12,14H2,1H3/b8-6-. The number of rotatable bonds is 4. The number of aromatic nitrogens is 1. The highest BCUT2D eigenvalue weighted by atomic mass is 32.2. The van der Waals surface area contributed by atoms with Gasteiger partial charge < -0.3 is 19.3 Å². The SMILES string of the molecule is CS(=O)(=O)c1cccc2sc(N3CCN(C(=O)/C=C\c4ccc5c(c4)OCO5)CC3)nc12.